The van der Waals surface area contributed by atoms with Crippen LogP contribution >= 0.6 is 11.6 Å². The molecule has 0 aliphatic heterocycles. The van der Waals surface area contributed by atoms with Crippen molar-refractivity contribution in [2.45, 2.75) is 43.8 Å². The third-order valence-corrected chi connectivity index (χ3v) is 5.49. The van der Waals surface area contributed by atoms with Crippen LogP contribution in [-0.2, 0) is 14.4 Å². The number of H-pyrrole nitrogens is 1. The zero-order valence-electron chi connectivity index (χ0n) is 17.1. The minimum atomic E-state index is -2.42. The van der Waals surface area contributed by atoms with Crippen LogP contribution in [-0.4, -0.2) is 56.8 Å². The summed E-state index contributed by atoms with van der Waals surface area (Å²) in [6.07, 6.45) is 2.85. The highest BCUT2D eigenvalue weighted by Gasteiger charge is 2.32. The van der Waals surface area contributed by atoms with Crippen molar-refractivity contribution >= 4 is 46.3 Å². The molecule has 12 heteroatoms. The van der Waals surface area contributed by atoms with Gasteiger partial charge in [0.15, 0.2) is 5.82 Å². The number of hydrazine groups is 1. The van der Waals surface area contributed by atoms with E-state index in [-0.39, 0.29) is 24.7 Å². The number of hydrogen-bond donors (Lipinski definition) is 4. The number of amides is 4. The molecule has 3 rings (SSSR count). The Hall–Kier alpha value is -3.21. The molecule has 10 nitrogen and oxygen atoms in total. The number of nitrogens with zero attached hydrogens (tertiary/aromatic N) is 2. The zero-order chi connectivity index (χ0) is 23.3. The van der Waals surface area contributed by atoms with Crippen LogP contribution in [0.5, 0.6) is 0 Å². The van der Waals surface area contributed by atoms with Crippen molar-refractivity contribution in [2.24, 2.45) is 11.7 Å². The maximum Gasteiger partial charge on any atom is 0.291 e. The molecule has 1 fully saturated rings. The van der Waals surface area contributed by atoms with Crippen LogP contribution in [0.25, 0.3) is 11.0 Å². The summed E-state index contributed by atoms with van der Waals surface area (Å²) in [5.74, 6) is -3.08. The van der Waals surface area contributed by atoms with Gasteiger partial charge < -0.3 is 16.0 Å². The van der Waals surface area contributed by atoms with Crippen molar-refractivity contribution in [3.63, 3.8) is 0 Å². The number of aromatic amines is 1. The van der Waals surface area contributed by atoms with E-state index in [1.165, 1.54) is 0 Å². The second-order valence-corrected chi connectivity index (χ2v) is 8.03. The van der Waals surface area contributed by atoms with Gasteiger partial charge in [-0.25, -0.2) is 14.4 Å². The van der Waals surface area contributed by atoms with Crippen molar-refractivity contribution in [2.75, 3.05) is 6.54 Å². The average molecular weight is 467 g/mol. The van der Waals surface area contributed by atoms with Gasteiger partial charge in [-0.1, -0.05) is 43.0 Å². The molecule has 0 radical (unpaired) electrons. The van der Waals surface area contributed by atoms with Gasteiger partial charge in [0.2, 0.25) is 5.91 Å². The molecular weight excluding hydrogens is 443 g/mol. The third-order valence-electron chi connectivity index (χ3n) is 5.30. The fourth-order valence-corrected chi connectivity index (χ4v) is 3.47. The van der Waals surface area contributed by atoms with Gasteiger partial charge >= 0.3 is 0 Å². The van der Waals surface area contributed by atoms with E-state index in [0.717, 1.165) is 19.3 Å². The second kappa shape index (κ2) is 10.4. The Kier molecular flexibility index (Phi) is 7.62. The quantitative estimate of drug-likeness (QED) is 0.322. The van der Waals surface area contributed by atoms with E-state index in [4.69, 9.17) is 17.3 Å². The summed E-state index contributed by atoms with van der Waals surface area (Å²) in [6, 6.07) is 6.06. The van der Waals surface area contributed by atoms with Crippen molar-refractivity contribution in [3.05, 3.63) is 30.1 Å². The van der Waals surface area contributed by atoms with E-state index in [0.29, 0.717) is 22.5 Å². The number of benzene rings is 1. The van der Waals surface area contributed by atoms with Crippen LogP contribution < -0.4 is 16.5 Å². The molecule has 2 atom stereocenters. The summed E-state index contributed by atoms with van der Waals surface area (Å²) in [5, 5.41) is 3.23. The monoisotopic (exact) mass is 466 g/mol. The molecule has 1 aliphatic rings. The third kappa shape index (κ3) is 5.94. The Bertz CT molecular complexity index is 976. The number of carbonyl (C=O) groups is 4. The van der Waals surface area contributed by atoms with Crippen LogP contribution in [0.1, 0.15) is 42.7 Å². The molecule has 1 aromatic carbocycles. The summed E-state index contributed by atoms with van der Waals surface area (Å²) >= 11 is 5.21. The summed E-state index contributed by atoms with van der Waals surface area (Å²) in [4.78, 5) is 55.8. The standard InChI is InChI=1S/C20H24ClFN6O4/c21-16(22)20(32)28(9-8-15(23)29)27-18(30)14(10-11-4-3-5-11)26-19(31)17-24-12-6-1-2-7-13(12)25-17/h1-2,6-7,11,14,16H,3-5,8-10H2,(H2,23,29)(H,24,25)(H,26,31)(H,27,30)/t14-,16?/m0/s1. The highest BCUT2D eigenvalue weighted by Crippen LogP contribution is 2.30. The molecule has 2 aromatic rings. The van der Waals surface area contributed by atoms with Crippen molar-refractivity contribution in [3.8, 4) is 0 Å². The first-order valence-corrected chi connectivity index (χ1v) is 10.6. The van der Waals surface area contributed by atoms with Crippen LogP contribution in [0.3, 0.4) is 0 Å². The molecule has 0 saturated heterocycles. The number of primary amides is 1. The molecule has 1 unspecified atom stereocenters. The lowest BCUT2D eigenvalue weighted by molar-refractivity contribution is -0.144. The topological polar surface area (TPSA) is 150 Å². The minimum Gasteiger partial charge on any atom is -0.370 e. The number of halogens is 2. The van der Waals surface area contributed by atoms with E-state index in [2.05, 4.69) is 20.7 Å². The number of rotatable bonds is 9. The number of hydrogen-bond acceptors (Lipinski definition) is 5. The lowest BCUT2D eigenvalue weighted by Crippen LogP contribution is -2.56. The van der Waals surface area contributed by atoms with Gasteiger partial charge in [-0.15, -0.1) is 0 Å². The van der Waals surface area contributed by atoms with Gasteiger partial charge in [0.1, 0.15) is 6.04 Å². The Morgan fingerprint density at radius 2 is 2.00 bits per heavy atom. The first kappa shape index (κ1) is 23.5. The maximum atomic E-state index is 13.4. The van der Waals surface area contributed by atoms with E-state index in [9.17, 15) is 23.6 Å². The lowest BCUT2D eigenvalue weighted by atomic mass is 9.80. The van der Waals surface area contributed by atoms with Gasteiger partial charge in [0, 0.05) is 6.42 Å². The Morgan fingerprint density at radius 1 is 1.28 bits per heavy atom. The predicted octanol–water partition coefficient (Wildman–Crippen LogP) is 1.12. The number of aromatic nitrogens is 2. The molecule has 1 saturated carbocycles. The van der Waals surface area contributed by atoms with Crippen LogP contribution in [0, 0.1) is 5.92 Å². The molecule has 1 aliphatic carbocycles. The van der Waals surface area contributed by atoms with Crippen molar-refractivity contribution < 1.29 is 23.6 Å². The highest BCUT2D eigenvalue weighted by molar-refractivity contribution is 6.29. The molecule has 172 valence electrons. The first-order chi connectivity index (χ1) is 15.2. The Balaban J connectivity index is 1.73. The molecule has 5 N–H and O–H groups in total. The summed E-state index contributed by atoms with van der Waals surface area (Å²) in [5.41, 5.74) is 6.18. The largest absolute Gasteiger partial charge is 0.370 e. The highest BCUT2D eigenvalue weighted by atomic mass is 35.5. The molecule has 1 aromatic heterocycles. The fraction of sp³-hybridized carbons (Fsp3) is 0.450. The second-order valence-electron chi connectivity index (χ2n) is 7.64. The molecular formula is C20H24ClFN6O4. The molecule has 0 bridgehead atoms. The predicted molar refractivity (Wildman–Crippen MR) is 114 cm³/mol. The van der Waals surface area contributed by atoms with E-state index >= 15 is 0 Å². The molecule has 0 spiro atoms. The number of fused-ring (bicyclic) bond motifs is 1. The van der Waals surface area contributed by atoms with Crippen molar-refractivity contribution in [1.82, 2.24) is 25.7 Å². The average Bonchev–Trinajstić information content (AvgIpc) is 3.16. The number of carbonyl (C=O) groups excluding carboxylic acids is 4. The van der Waals surface area contributed by atoms with Gasteiger partial charge in [-0.3, -0.25) is 24.6 Å². The smallest absolute Gasteiger partial charge is 0.291 e. The summed E-state index contributed by atoms with van der Waals surface area (Å²) in [6.45, 7) is -0.360. The van der Waals surface area contributed by atoms with Gasteiger partial charge in [0.05, 0.1) is 17.6 Å². The Morgan fingerprint density at radius 3 is 2.59 bits per heavy atom. The normalized spacial score (nSPS) is 15.4. The van der Waals surface area contributed by atoms with Crippen LogP contribution in [0.4, 0.5) is 4.39 Å². The number of para-hydroxylation sites is 2. The molecule has 32 heavy (non-hydrogen) atoms. The number of imidazole rings is 1. The van der Waals surface area contributed by atoms with E-state index in [1.54, 1.807) is 24.3 Å². The molecule has 4 amide bonds. The van der Waals surface area contributed by atoms with E-state index < -0.39 is 35.3 Å². The SMILES string of the molecule is NC(=O)CCN(NC(=O)[C@H](CC1CCC1)NC(=O)c1nc2ccccc2[nH]1)C(=O)C(F)Cl. The fourth-order valence-electron chi connectivity index (χ4n) is 3.35. The summed E-state index contributed by atoms with van der Waals surface area (Å²) in [7, 11) is 0. The van der Waals surface area contributed by atoms with Crippen LogP contribution in [0.2, 0.25) is 0 Å². The summed E-state index contributed by atoms with van der Waals surface area (Å²) < 4.78 is 13.4. The number of nitrogens with two attached hydrogens (primary N) is 1. The zero-order valence-corrected chi connectivity index (χ0v) is 17.9. The minimum absolute atomic E-state index is 0.0313. The Labute approximate surface area is 188 Å². The molecule has 1 heterocycles. The van der Waals surface area contributed by atoms with Gasteiger partial charge in [0.25, 0.3) is 23.4 Å². The van der Waals surface area contributed by atoms with Crippen LogP contribution in [0.15, 0.2) is 24.3 Å². The van der Waals surface area contributed by atoms with E-state index in [1.807, 2.05) is 0 Å². The maximum absolute atomic E-state index is 13.4. The lowest BCUT2D eigenvalue weighted by Gasteiger charge is -2.31. The number of alkyl halides is 2. The van der Waals surface area contributed by atoms with Gasteiger partial charge in [-0.05, 0) is 24.5 Å². The van der Waals surface area contributed by atoms with Crippen molar-refractivity contribution in [1.29, 1.82) is 0 Å². The number of nitrogens with one attached hydrogen (secondary N) is 3. The van der Waals surface area contributed by atoms with Gasteiger partial charge in [-0.2, -0.15) is 0 Å². The first-order valence-electron chi connectivity index (χ1n) is 10.2.